The first-order valence-electron chi connectivity index (χ1n) is 14.1. The maximum absolute atomic E-state index is 13.5. The van der Waals surface area contributed by atoms with Gasteiger partial charge in [0.1, 0.15) is 29.1 Å². The Labute approximate surface area is 249 Å². The molecule has 0 saturated carbocycles. The van der Waals surface area contributed by atoms with Gasteiger partial charge in [0.25, 0.3) is 5.91 Å². The van der Waals surface area contributed by atoms with Crippen molar-refractivity contribution in [1.29, 1.82) is 0 Å². The third kappa shape index (κ3) is 5.97. The Bertz CT molecular complexity index is 1830. The number of hydrogen-bond donors (Lipinski definition) is 2. The highest BCUT2D eigenvalue weighted by atomic mass is 16.5. The molecule has 216 valence electrons. The molecule has 0 unspecified atom stereocenters. The van der Waals surface area contributed by atoms with Gasteiger partial charge < -0.3 is 24.3 Å². The van der Waals surface area contributed by atoms with E-state index < -0.39 is 6.04 Å². The molecule has 0 spiro atoms. The van der Waals surface area contributed by atoms with Crippen LogP contribution in [-0.2, 0) is 19.4 Å². The fourth-order valence-corrected chi connectivity index (χ4v) is 5.29. The first-order chi connectivity index (χ1) is 21.1. The molecule has 3 heterocycles. The van der Waals surface area contributed by atoms with Gasteiger partial charge in [0, 0.05) is 46.9 Å². The second kappa shape index (κ2) is 12.6. The van der Waals surface area contributed by atoms with Gasteiger partial charge >= 0.3 is 0 Å². The monoisotopic (exact) mass is 572 g/mol. The number of fused-ring (bicyclic) bond motifs is 1. The molecule has 0 fully saturated rings. The number of carbonyl (C=O) groups excluding carboxylic acids is 1. The predicted octanol–water partition coefficient (Wildman–Crippen LogP) is 5.52. The van der Waals surface area contributed by atoms with Gasteiger partial charge in [-0.15, -0.1) is 10.2 Å². The minimum Gasteiger partial charge on any atom is -0.497 e. The number of benzene rings is 3. The van der Waals surface area contributed by atoms with Crippen molar-refractivity contribution < 1.29 is 14.3 Å². The van der Waals surface area contributed by atoms with Gasteiger partial charge in [0.2, 0.25) is 0 Å². The molecule has 0 aliphatic carbocycles. The zero-order chi connectivity index (χ0) is 29.6. The van der Waals surface area contributed by atoms with Gasteiger partial charge in [-0.05, 0) is 42.3 Å². The number of pyridine rings is 1. The van der Waals surface area contributed by atoms with Gasteiger partial charge in [0.15, 0.2) is 5.82 Å². The van der Waals surface area contributed by atoms with Crippen molar-refractivity contribution in [3.8, 4) is 11.5 Å². The number of para-hydroxylation sites is 1. The molecule has 3 aromatic carbocycles. The van der Waals surface area contributed by atoms with E-state index in [-0.39, 0.29) is 5.91 Å². The van der Waals surface area contributed by atoms with Crippen LogP contribution in [0.5, 0.6) is 11.5 Å². The molecule has 9 nitrogen and oxygen atoms in total. The van der Waals surface area contributed by atoms with E-state index >= 15 is 0 Å². The highest BCUT2D eigenvalue weighted by Gasteiger charge is 2.28. The molecule has 6 rings (SSSR count). The summed E-state index contributed by atoms with van der Waals surface area (Å²) < 4.78 is 13.3. The third-order valence-electron chi connectivity index (χ3n) is 7.52. The molecule has 0 aliphatic rings. The average molecular weight is 573 g/mol. The van der Waals surface area contributed by atoms with Crippen molar-refractivity contribution in [3.63, 3.8) is 0 Å². The van der Waals surface area contributed by atoms with E-state index in [2.05, 4.69) is 37.1 Å². The van der Waals surface area contributed by atoms with Crippen LogP contribution in [0.2, 0.25) is 0 Å². The first-order valence-corrected chi connectivity index (χ1v) is 14.1. The van der Waals surface area contributed by atoms with Crippen LogP contribution in [0.4, 0.5) is 0 Å². The summed E-state index contributed by atoms with van der Waals surface area (Å²) in [6, 6.07) is 28.7. The largest absolute Gasteiger partial charge is 0.497 e. The van der Waals surface area contributed by atoms with E-state index in [9.17, 15) is 4.79 Å². The SMILES string of the molecule is COc1ccc(Cn2c(CCc3ccccc3)nnc2[C@H](NC(=O)c2ccccn2)c2c[nH]c3ccccc23)c(OC)c1. The smallest absolute Gasteiger partial charge is 0.270 e. The molecule has 1 atom stereocenters. The number of ether oxygens (including phenoxy) is 2. The molecule has 1 amide bonds. The van der Waals surface area contributed by atoms with Gasteiger partial charge in [-0.3, -0.25) is 9.78 Å². The number of aromatic amines is 1. The number of H-pyrrole nitrogens is 1. The Morgan fingerprint density at radius 2 is 1.72 bits per heavy atom. The van der Waals surface area contributed by atoms with Crippen LogP contribution in [0.1, 0.15) is 44.9 Å². The average Bonchev–Trinajstić information content (AvgIpc) is 3.67. The molecule has 0 aliphatic heterocycles. The van der Waals surface area contributed by atoms with E-state index in [4.69, 9.17) is 14.6 Å². The lowest BCUT2D eigenvalue weighted by Gasteiger charge is -2.21. The highest BCUT2D eigenvalue weighted by Crippen LogP contribution is 2.31. The van der Waals surface area contributed by atoms with Crippen molar-refractivity contribution in [3.05, 3.63) is 137 Å². The predicted molar refractivity (Wildman–Crippen MR) is 164 cm³/mol. The fourth-order valence-electron chi connectivity index (χ4n) is 5.29. The number of hydrogen-bond acceptors (Lipinski definition) is 6. The number of nitrogens with one attached hydrogen (secondary N) is 2. The number of aromatic nitrogens is 5. The summed E-state index contributed by atoms with van der Waals surface area (Å²) in [5.74, 6) is 2.49. The van der Waals surface area contributed by atoms with Crippen LogP contribution in [-0.4, -0.2) is 44.9 Å². The molecule has 43 heavy (non-hydrogen) atoms. The van der Waals surface area contributed by atoms with E-state index in [1.165, 1.54) is 5.56 Å². The third-order valence-corrected chi connectivity index (χ3v) is 7.52. The molecule has 9 heteroatoms. The summed E-state index contributed by atoms with van der Waals surface area (Å²) in [5.41, 5.74) is 4.29. The van der Waals surface area contributed by atoms with Crippen LogP contribution < -0.4 is 14.8 Å². The zero-order valence-corrected chi connectivity index (χ0v) is 24.0. The van der Waals surface area contributed by atoms with Crippen LogP contribution in [0.15, 0.2) is 103 Å². The molecule has 0 saturated heterocycles. The molecule has 3 aromatic heterocycles. The quantitative estimate of drug-likeness (QED) is 0.212. The van der Waals surface area contributed by atoms with Gasteiger partial charge in [-0.1, -0.05) is 54.6 Å². The van der Waals surface area contributed by atoms with Gasteiger partial charge in [-0.25, -0.2) is 0 Å². The van der Waals surface area contributed by atoms with Crippen molar-refractivity contribution in [1.82, 2.24) is 30.0 Å². The summed E-state index contributed by atoms with van der Waals surface area (Å²) in [5, 5.41) is 13.6. The van der Waals surface area contributed by atoms with Gasteiger partial charge in [0.05, 0.1) is 20.8 Å². The molecule has 6 aromatic rings. The molecule has 0 radical (unpaired) electrons. The fraction of sp³-hybridized carbons (Fsp3) is 0.176. The van der Waals surface area contributed by atoms with E-state index in [0.29, 0.717) is 36.0 Å². The van der Waals surface area contributed by atoms with Crippen molar-refractivity contribution in [2.45, 2.75) is 25.4 Å². The van der Waals surface area contributed by atoms with E-state index in [1.807, 2.05) is 66.9 Å². The Morgan fingerprint density at radius 3 is 2.51 bits per heavy atom. The molecule has 2 N–H and O–H groups in total. The minimum absolute atomic E-state index is 0.307. The second-order valence-corrected chi connectivity index (χ2v) is 10.1. The zero-order valence-electron chi connectivity index (χ0n) is 24.0. The Morgan fingerprint density at radius 1 is 0.907 bits per heavy atom. The van der Waals surface area contributed by atoms with Crippen molar-refractivity contribution >= 4 is 16.8 Å². The summed E-state index contributed by atoms with van der Waals surface area (Å²) in [7, 11) is 3.27. The Kier molecular flexibility index (Phi) is 8.13. The number of carbonyl (C=O) groups is 1. The van der Waals surface area contributed by atoms with Crippen LogP contribution in [0.3, 0.4) is 0 Å². The number of amides is 1. The summed E-state index contributed by atoms with van der Waals surface area (Å²) >= 11 is 0. The maximum atomic E-state index is 13.5. The lowest BCUT2D eigenvalue weighted by Crippen LogP contribution is -2.32. The molecule has 0 bridgehead atoms. The topological polar surface area (TPSA) is 107 Å². The van der Waals surface area contributed by atoms with Crippen molar-refractivity contribution in [2.75, 3.05) is 14.2 Å². The number of nitrogens with zero attached hydrogens (tertiary/aromatic N) is 4. The second-order valence-electron chi connectivity index (χ2n) is 10.1. The van der Waals surface area contributed by atoms with Gasteiger partial charge in [-0.2, -0.15) is 0 Å². The van der Waals surface area contributed by atoms with Crippen molar-refractivity contribution in [2.24, 2.45) is 0 Å². The number of methoxy groups -OCH3 is 2. The Balaban J connectivity index is 1.46. The number of rotatable bonds is 11. The normalized spacial score (nSPS) is 11.8. The van der Waals surface area contributed by atoms with E-state index in [0.717, 1.165) is 34.3 Å². The summed E-state index contributed by atoms with van der Waals surface area (Å²) in [6.45, 7) is 0.429. The van der Waals surface area contributed by atoms with Crippen LogP contribution in [0.25, 0.3) is 10.9 Å². The van der Waals surface area contributed by atoms with E-state index in [1.54, 1.807) is 38.6 Å². The maximum Gasteiger partial charge on any atom is 0.270 e. The van der Waals surface area contributed by atoms with Crippen LogP contribution >= 0.6 is 0 Å². The standard InChI is InChI=1S/C34H32N6O3/c1-42-25-17-16-24(30(20-25)43-2)22-40-31(18-15-23-10-4-3-5-11-23)38-39-33(40)32(37-34(41)29-14-8-9-19-35-29)27-21-36-28-13-7-6-12-26(27)28/h3-14,16-17,19-21,32,36H,15,18,22H2,1-2H3,(H,37,41)/t32-/m1/s1. The summed E-state index contributed by atoms with van der Waals surface area (Å²) in [4.78, 5) is 21.2. The lowest BCUT2D eigenvalue weighted by molar-refractivity contribution is 0.0936. The first kappa shape index (κ1) is 27.7. The minimum atomic E-state index is -0.618. The Hall–Kier alpha value is -5.44. The molecular formula is C34H32N6O3. The summed E-state index contributed by atoms with van der Waals surface area (Å²) in [6.07, 6.45) is 4.97. The number of aryl methyl sites for hydroxylation is 2. The van der Waals surface area contributed by atoms with Crippen LogP contribution in [0, 0.1) is 0 Å². The highest BCUT2D eigenvalue weighted by molar-refractivity contribution is 5.93. The lowest BCUT2D eigenvalue weighted by atomic mass is 10.0. The molecular weight excluding hydrogens is 540 g/mol.